The van der Waals surface area contributed by atoms with Crippen molar-refractivity contribution in [3.63, 3.8) is 0 Å². The van der Waals surface area contributed by atoms with Crippen LogP contribution in [0.25, 0.3) is 10.2 Å². The van der Waals surface area contributed by atoms with E-state index in [-0.39, 0.29) is 35.9 Å². The maximum atomic E-state index is 13.3. The Kier molecular flexibility index (Phi) is 7.04. The van der Waals surface area contributed by atoms with Gasteiger partial charge in [0.05, 0.1) is 35.3 Å². The van der Waals surface area contributed by atoms with E-state index >= 15 is 0 Å². The van der Waals surface area contributed by atoms with Gasteiger partial charge in [0.15, 0.2) is 15.0 Å². The van der Waals surface area contributed by atoms with E-state index in [1.54, 1.807) is 54.7 Å². The molecule has 0 unspecified atom stereocenters. The lowest BCUT2D eigenvalue weighted by molar-refractivity contribution is -0.118. The zero-order chi connectivity index (χ0) is 24.3. The number of carbonyl (C=O) groups is 1. The van der Waals surface area contributed by atoms with Gasteiger partial charge in [-0.3, -0.25) is 9.69 Å². The number of hydrogen-bond donors (Lipinski definition) is 0. The summed E-state index contributed by atoms with van der Waals surface area (Å²) in [5.41, 5.74) is 2.72. The van der Waals surface area contributed by atoms with E-state index < -0.39 is 9.84 Å². The molecule has 2 heterocycles. The van der Waals surface area contributed by atoms with E-state index in [1.807, 2.05) is 26.0 Å². The SMILES string of the molecule is COc1ccc(C)c2sc(N(Cc3ccco3)C(=O)CCCS(=O)(=O)c3ccc(C)cc3)nc12. The number of amides is 1. The minimum Gasteiger partial charge on any atom is -0.494 e. The quantitative estimate of drug-likeness (QED) is 0.311. The predicted octanol–water partition coefficient (Wildman–Crippen LogP) is 5.30. The maximum absolute atomic E-state index is 13.3. The van der Waals surface area contributed by atoms with Gasteiger partial charge < -0.3 is 9.15 Å². The van der Waals surface area contributed by atoms with Crippen LogP contribution in [0, 0.1) is 13.8 Å². The van der Waals surface area contributed by atoms with Crippen molar-refractivity contribution in [1.29, 1.82) is 0 Å². The Labute approximate surface area is 202 Å². The number of furan rings is 1. The molecule has 0 radical (unpaired) electrons. The molecule has 0 saturated heterocycles. The van der Waals surface area contributed by atoms with Gasteiger partial charge in [0, 0.05) is 6.42 Å². The fourth-order valence-corrected chi connectivity index (χ4v) is 5.99. The average molecular weight is 499 g/mol. The van der Waals surface area contributed by atoms with Crippen LogP contribution in [0.4, 0.5) is 5.13 Å². The Morgan fingerprint density at radius 1 is 1.12 bits per heavy atom. The molecule has 0 aliphatic heterocycles. The van der Waals surface area contributed by atoms with E-state index in [4.69, 9.17) is 14.1 Å². The van der Waals surface area contributed by atoms with Crippen LogP contribution < -0.4 is 9.64 Å². The maximum Gasteiger partial charge on any atom is 0.229 e. The smallest absolute Gasteiger partial charge is 0.229 e. The average Bonchev–Trinajstić information content (AvgIpc) is 3.48. The van der Waals surface area contributed by atoms with Crippen molar-refractivity contribution in [2.75, 3.05) is 17.8 Å². The Morgan fingerprint density at radius 2 is 1.88 bits per heavy atom. The number of aromatic nitrogens is 1. The molecule has 0 fully saturated rings. The van der Waals surface area contributed by atoms with Crippen LogP contribution in [-0.2, 0) is 21.2 Å². The fraction of sp³-hybridized carbons (Fsp3) is 0.280. The number of rotatable bonds is 9. The van der Waals surface area contributed by atoms with E-state index in [9.17, 15) is 13.2 Å². The molecule has 4 rings (SSSR count). The van der Waals surface area contributed by atoms with Gasteiger partial charge in [-0.05, 0) is 56.2 Å². The molecular formula is C25H26N2O5S2. The molecule has 0 aliphatic carbocycles. The molecule has 0 N–H and O–H groups in total. The standard InChI is InChI=1S/C25H26N2O5S2/c1-17-8-11-20(12-9-17)34(29,30)15-5-7-22(28)27(16-19-6-4-14-32-19)25-26-23-21(31-3)13-10-18(2)24(23)33-25/h4,6,8-14H,5,7,15-16H2,1-3H3. The molecule has 0 spiro atoms. The first-order valence-corrected chi connectivity index (χ1v) is 13.3. The molecule has 7 nitrogen and oxygen atoms in total. The molecule has 178 valence electrons. The number of benzene rings is 2. The van der Waals surface area contributed by atoms with E-state index in [1.165, 1.54) is 11.3 Å². The summed E-state index contributed by atoms with van der Waals surface area (Å²) >= 11 is 1.40. The number of sulfone groups is 1. The second-order valence-electron chi connectivity index (χ2n) is 8.05. The summed E-state index contributed by atoms with van der Waals surface area (Å²) in [4.78, 5) is 19.8. The topological polar surface area (TPSA) is 89.7 Å². The molecule has 0 saturated carbocycles. The summed E-state index contributed by atoms with van der Waals surface area (Å²) in [7, 11) is -1.88. The summed E-state index contributed by atoms with van der Waals surface area (Å²) in [6.07, 6.45) is 1.83. The van der Waals surface area contributed by atoms with Crippen molar-refractivity contribution in [2.45, 2.75) is 38.1 Å². The summed E-state index contributed by atoms with van der Waals surface area (Å²) in [6.45, 7) is 4.10. The minimum atomic E-state index is -3.47. The van der Waals surface area contributed by atoms with E-state index in [0.717, 1.165) is 15.8 Å². The van der Waals surface area contributed by atoms with Crippen LogP contribution in [-0.4, -0.2) is 32.2 Å². The molecule has 34 heavy (non-hydrogen) atoms. The molecule has 9 heteroatoms. The first-order valence-electron chi connectivity index (χ1n) is 10.8. The highest BCUT2D eigenvalue weighted by Gasteiger charge is 2.24. The van der Waals surface area contributed by atoms with Crippen LogP contribution in [0.5, 0.6) is 5.75 Å². The number of fused-ring (bicyclic) bond motifs is 1. The number of thiazole rings is 1. The van der Waals surface area contributed by atoms with Crippen LogP contribution in [0.1, 0.15) is 29.7 Å². The molecule has 0 atom stereocenters. The van der Waals surface area contributed by atoms with Crippen LogP contribution in [0.2, 0.25) is 0 Å². The fourth-order valence-electron chi connectivity index (χ4n) is 3.61. The third-order valence-electron chi connectivity index (χ3n) is 5.52. The Balaban J connectivity index is 1.55. The molecule has 4 aromatic rings. The second kappa shape index (κ2) is 9.99. The normalized spacial score (nSPS) is 11.6. The van der Waals surface area contributed by atoms with Gasteiger partial charge in [-0.15, -0.1) is 0 Å². The summed E-state index contributed by atoms with van der Waals surface area (Å²) in [5, 5.41) is 0.519. The number of ether oxygens (including phenoxy) is 1. The minimum absolute atomic E-state index is 0.0673. The Morgan fingerprint density at radius 3 is 2.56 bits per heavy atom. The number of methoxy groups -OCH3 is 1. The summed E-state index contributed by atoms with van der Waals surface area (Å²) in [5.74, 6) is 0.927. The zero-order valence-electron chi connectivity index (χ0n) is 19.3. The number of nitrogens with zero attached hydrogens (tertiary/aromatic N) is 2. The largest absolute Gasteiger partial charge is 0.494 e. The van der Waals surface area contributed by atoms with Gasteiger partial charge in [-0.25, -0.2) is 13.4 Å². The molecule has 0 bridgehead atoms. The van der Waals surface area contributed by atoms with Crippen molar-refractivity contribution in [2.24, 2.45) is 0 Å². The van der Waals surface area contributed by atoms with Gasteiger partial charge in [-0.1, -0.05) is 35.1 Å². The highest BCUT2D eigenvalue weighted by molar-refractivity contribution is 7.91. The van der Waals surface area contributed by atoms with Gasteiger partial charge in [0.1, 0.15) is 17.0 Å². The lowest BCUT2D eigenvalue weighted by Crippen LogP contribution is -2.30. The lowest BCUT2D eigenvalue weighted by Gasteiger charge is -2.18. The second-order valence-corrected chi connectivity index (χ2v) is 11.1. The third kappa shape index (κ3) is 5.15. The number of aryl methyl sites for hydroxylation is 2. The van der Waals surface area contributed by atoms with Crippen molar-refractivity contribution in [3.8, 4) is 5.75 Å². The van der Waals surface area contributed by atoms with Crippen molar-refractivity contribution >= 4 is 42.4 Å². The van der Waals surface area contributed by atoms with E-state index in [0.29, 0.717) is 22.2 Å². The summed E-state index contributed by atoms with van der Waals surface area (Å²) < 4.78 is 37.2. The zero-order valence-corrected chi connectivity index (χ0v) is 20.9. The number of anilines is 1. The molecule has 1 amide bonds. The third-order valence-corrected chi connectivity index (χ3v) is 8.55. The lowest BCUT2D eigenvalue weighted by atomic mass is 10.2. The van der Waals surface area contributed by atoms with Crippen LogP contribution in [0.15, 0.2) is 64.1 Å². The highest BCUT2D eigenvalue weighted by atomic mass is 32.2. The molecule has 2 aromatic carbocycles. The van der Waals surface area contributed by atoms with Gasteiger partial charge in [-0.2, -0.15) is 0 Å². The van der Waals surface area contributed by atoms with Crippen LogP contribution in [0.3, 0.4) is 0 Å². The van der Waals surface area contributed by atoms with Crippen molar-refractivity contribution < 1.29 is 22.4 Å². The van der Waals surface area contributed by atoms with Gasteiger partial charge in [0.2, 0.25) is 5.91 Å². The van der Waals surface area contributed by atoms with Crippen LogP contribution >= 0.6 is 11.3 Å². The van der Waals surface area contributed by atoms with Crippen molar-refractivity contribution in [1.82, 2.24) is 4.98 Å². The summed E-state index contributed by atoms with van der Waals surface area (Å²) in [6, 6.07) is 14.1. The first kappa shape index (κ1) is 24.0. The molecule has 0 aliphatic rings. The molecular weight excluding hydrogens is 472 g/mol. The van der Waals surface area contributed by atoms with E-state index in [2.05, 4.69) is 0 Å². The Hall–Kier alpha value is -3.17. The highest BCUT2D eigenvalue weighted by Crippen LogP contribution is 2.37. The number of carbonyl (C=O) groups excluding carboxylic acids is 1. The monoisotopic (exact) mass is 498 g/mol. The van der Waals surface area contributed by atoms with Crippen molar-refractivity contribution in [3.05, 3.63) is 71.7 Å². The van der Waals surface area contributed by atoms with Gasteiger partial charge >= 0.3 is 0 Å². The molecule has 2 aromatic heterocycles. The first-order chi connectivity index (χ1) is 16.3. The number of hydrogen-bond acceptors (Lipinski definition) is 7. The van der Waals surface area contributed by atoms with Gasteiger partial charge in [0.25, 0.3) is 0 Å². The Bertz CT molecular complexity index is 1390. The predicted molar refractivity (Wildman–Crippen MR) is 133 cm³/mol.